The molecule has 1 aromatic heterocycles. The third-order valence-electron chi connectivity index (χ3n) is 6.37. The van der Waals surface area contributed by atoms with Crippen molar-refractivity contribution in [3.05, 3.63) is 76.0 Å². The number of imide groups is 1. The van der Waals surface area contributed by atoms with Crippen LogP contribution in [0, 0.1) is 13.8 Å². The molecule has 0 fully saturated rings. The number of para-hydroxylation sites is 1. The summed E-state index contributed by atoms with van der Waals surface area (Å²) in [5, 5.41) is 2.78. The van der Waals surface area contributed by atoms with E-state index < -0.39 is 11.8 Å². The van der Waals surface area contributed by atoms with Gasteiger partial charge in [-0.1, -0.05) is 31.7 Å². The summed E-state index contributed by atoms with van der Waals surface area (Å²) in [4.78, 5) is 42.4. The van der Waals surface area contributed by atoms with Crippen LogP contribution < -0.4 is 20.4 Å². The predicted octanol–water partition coefficient (Wildman–Crippen LogP) is 6.03. The molecule has 0 aliphatic carbocycles. The van der Waals surface area contributed by atoms with E-state index in [0.29, 0.717) is 40.0 Å². The molecule has 2 aromatic carbocycles. The monoisotopic (exact) mass is 595 g/mol. The summed E-state index contributed by atoms with van der Waals surface area (Å²) in [6.45, 7) is 12.4. The molecule has 0 unspecified atom stereocenters. The number of hydrogen-bond donors (Lipinski definition) is 2. The zero-order chi connectivity index (χ0) is 29.7. The molecule has 216 valence electrons. The fraction of sp³-hybridized carbons (Fsp3) is 0.276. The summed E-state index contributed by atoms with van der Waals surface area (Å²) in [5.74, 6) is -0.146. The van der Waals surface area contributed by atoms with E-state index in [2.05, 4.69) is 17.4 Å². The maximum absolute atomic E-state index is 13.4. The highest BCUT2D eigenvalue weighted by Gasteiger charge is 2.37. The first-order valence-electron chi connectivity index (χ1n) is 13.0. The first kappa shape index (κ1) is 30.1. The van der Waals surface area contributed by atoms with Crippen LogP contribution in [0.15, 0.2) is 55.1 Å². The van der Waals surface area contributed by atoms with Gasteiger partial charge < -0.3 is 15.0 Å². The van der Waals surface area contributed by atoms with Gasteiger partial charge in [0.2, 0.25) is 0 Å². The van der Waals surface area contributed by atoms with Gasteiger partial charge in [0.1, 0.15) is 29.5 Å². The third-order valence-corrected chi connectivity index (χ3v) is 8.15. The van der Waals surface area contributed by atoms with Gasteiger partial charge in [-0.15, -0.1) is 11.3 Å². The summed E-state index contributed by atoms with van der Waals surface area (Å²) in [6, 6.07) is 13.0. The number of rotatable bonds is 11. The second-order valence-electron chi connectivity index (χ2n) is 9.24. The van der Waals surface area contributed by atoms with E-state index in [0.717, 1.165) is 52.2 Å². The fourth-order valence-corrected chi connectivity index (χ4v) is 5.51. The highest BCUT2D eigenvalue weighted by Crippen LogP contribution is 2.45. The van der Waals surface area contributed by atoms with Crippen LogP contribution >= 0.6 is 23.6 Å². The van der Waals surface area contributed by atoms with Gasteiger partial charge in [-0.05, 0) is 69.3 Å². The summed E-state index contributed by atoms with van der Waals surface area (Å²) in [7, 11) is 1.90. The van der Waals surface area contributed by atoms with Crippen LogP contribution in [0.3, 0.4) is 0 Å². The molecule has 3 aromatic rings. The van der Waals surface area contributed by atoms with Gasteiger partial charge in [0.15, 0.2) is 5.75 Å². The van der Waals surface area contributed by atoms with Crippen LogP contribution in [-0.2, 0) is 9.08 Å². The Morgan fingerprint density at radius 1 is 1.15 bits per heavy atom. The van der Waals surface area contributed by atoms with E-state index in [9.17, 15) is 14.4 Å². The van der Waals surface area contributed by atoms with E-state index in [4.69, 9.17) is 9.02 Å². The van der Waals surface area contributed by atoms with Gasteiger partial charge in [0, 0.05) is 13.1 Å². The molecule has 0 saturated carbocycles. The molecule has 2 heterocycles. The molecule has 3 amide bonds. The Kier molecular flexibility index (Phi) is 9.71. The second-order valence-corrected chi connectivity index (χ2v) is 11.2. The second kappa shape index (κ2) is 13.2. The maximum atomic E-state index is 13.4. The minimum atomic E-state index is -0.549. The number of thiophene rings is 1. The van der Waals surface area contributed by atoms with Crippen LogP contribution in [0.2, 0.25) is 0 Å². The largest absolute Gasteiger partial charge is 0.455 e. The molecule has 0 radical (unpaired) electrons. The number of fused-ring (bicyclic) bond motifs is 1. The van der Waals surface area contributed by atoms with Gasteiger partial charge in [0.25, 0.3) is 17.7 Å². The molecule has 0 spiro atoms. The van der Waals surface area contributed by atoms with Crippen LogP contribution in [0.5, 0.6) is 11.5 Å². The van der Waals surface area contributed by atoms with Crippen molar-refractivity contribution in [2.24, 2.45) is 0 Å². The number of hydrogen-bond acceptors (Lipinski definition) is 10. The first-order valence-corrected chi connectivity index (χ1v) is 14.6. The highest BCUT2D eigenvalue weighted by molar-refractivity contribution is 7.92. The van der Waals surface area contributed by atoms with Crippen molar-refractivity contribution in [1.29, 1.82) is 0 Å². The van der Waals surface area contributed by atoms with Crippen molar-refractivity contribution in [3.63, 3.8) is 0 Å². The summed E-state index contributed by atoms with van der Waals surface area (Å²) >= 11 is 2.20. The van der Waals surface area contributed by atoms with Gasteiger partial charge in [-0.2, -0.15) is 4.28 Å². The van der Waals surface area contributed by atoms with Gasteiger partial charge in [0.05, 0.1) is 21.9 Å². The lowest BCUT2D eigenvalue weighted by molar-refractivity contribution is -0.123. The quantitative estimate of drug-likeness (QED) is 0.119. The van der Waals surface area contributed by atoms with Crippen LogP contribution in [0.25, 0.3) is 0 Å². The summed E-state index contributed by atoms with van der Waals surface area (Å²) < 4.78 is 14.0. The van der Waals surface area contributed by atoms with E-state index in [-0.39, 0.29) is 17.5 Å². The molecule has 0 bridgehead atoms. The molecular formula is C29H33N5O5S2. The van der Waals surface area contributed by atoms with Gasteiger partial charge >= 0.3 is 0 Å². The van der Waals surface area contributed by atoms with E-state index in [1.807, 2.05) is 69.4 Å². The minimum Gasteiger partial charge on any atom is -0.455 e. The summed E-state index contributed by atoms with van der Waals surface area (Å²) in [6.07, 6.45) is 1.10. The van der Waals surface area contributed by atoms with Crippen molar-refractivity contribution in [2.45, 2.75) is 27.7 Å². The SMILES string of the molecule is C=CC(=O)N1CN(c2cc(NOSN(C)CC)ccc2Oc2c(C)cccc2C)c2cc(C(=O)NCC)sc2C1=O. The molecule has 1 aliphatic rings. The number of carbonyl (C=O) groups is 3. The standard InChI is InChI=1S/C29H33N5O5S2/c1-7-25(35)34-17-33(22-16-24(28(36)30-8-2)40-27(22)29(34)37)21-15-20(31-39-41-32(6)9-3)13-14-23(21)38-26-18(4)11-10-12-19(26)5/h7,10-16,31H,1,8-9,17H2,2-6H3,(H,30,36). The fourth-order valence-electron chi connectivity index (χ4n) is 4.12. The average molecular weight is 596 g/mol. The van der Waals surface area contributed by atoms with Crippen molar-refractivity contribution in [1.82, 2.24) is 14.5 Å². The average Bonchev–Trinajstić information content (AvgIpc) is 3.42. The Labute approximate surface area is 248 Å². The van der Waals surface area contributed by atoms with Crippen LogP contribution in [0.4, 0.5) is 17.1 Å². The van der Waals surface area contributed by atoms with Crippen LogP contribution in [0.1, 0.15) is 44.3 Å². The number of amides is 3. The number of nitrogens with zero attached hydrogens (tertiary/aromatic N) is 3. The van der Waals surface area contributed by atoms with E-state index >= 15 is 0 Å². The van der Waals surface area contributed by atoms with Gasteiger partial charge in [-0.25, -0.2) is 4.31 Å². The number of anilines is 3. The molecule has 10 nitrogen and oxygen atoms in total. The van der Waals surface area contributed by atoms with Crippen molar-refractivity contribution in [2.75, 3.05) is 37.2 Å². The van der Waals surface area contributed by atoms with Crippen molar-refractivity contribution < 1.29 is 23.4 Å². The van der Waals surface area contributed by atoms with Crippen molar-refractivity contribution in [3.8, 4) is 11.5 Å². The lowest BCUT2D eigenvalue weighted by atomic mass is 10.1. The molecule has 12 heteroatoms. The number of aryl methyl sites for hydroxylation is 2. The van der Waals surface area contributed by atoms with Crippen LogP contribution in [-0.4, -0.2) is 53.7 Å². The minimum absolute atomic E-state index is 0.108. The third kappa shape index (κ3) is 6.57. The Hall–Kier alpha value is -3.84. The highest BCUT2D eigenvalue weighted by atomic mass is 32.2. The molecule has 0 saturated heterocycles. The normalized spacial score (nSPS) is 12.8. The molecule has 2 N–H and O–H groups in total. The number of benzene rings is 2. The maximum Gasteiger partial charge on any atom is 0.274 e. The Balaban J connectivity index is 1.84. The molecular weight excluding hydrogens is 562 g/mol. The smallest absolute Gasteiger partial charge is 0.274 e. The number of carbonyl (C=O) groups excluding carboxylic acids is 3. The topological polar surface area (TPSA) is 103 Å². The predicted molar refractivity (Wildman–Crippen MR) is 164 cm³/mol. The Morgan fingerprint density at radius 2 is 1.88 bits per heavy atom. The molecule has 1 aliphatic heterocycles. The Bertz CT molecular complexity index is 1450. The number of ether oxygens (including phenoxy) is 1. The zero-order valence-electron chi connectivity index (χ0n) is 23.6. The summed E-state index contributed by atoms with van der Waals surface area (Å²) in [5.41, 5.74) is 6.51. The number of nitrogens with one attached hydrogen (secondary N) is 2. The lowest BCUT2D eigenvalue weighted by Crippen LogP contribution is -2.46. The van der Waals surface area contributed by atoms with E-state index in [1.54, 1.807) is 17.0 Å². The molecule has 4 rings (SSSR count). The zero-order valence-corrected chi connectivity index (χ0v) is 25.3. The Morgan fingerprint density at radius 3 is 2.54 bits per heavy atom. The first-order chi connectivity index (χ1) is 19.7. The van der Waals surface area contributed by atoms with Gasteiger partial charge in [-0.3, -0.25) is 24.8 Å². The molecule has 0 atom stereocenters. The van der Waals surface area contributed by atoms with Crippen molar-refractivity contribution >= 4 is 58.3 Å². The van der Waals surface area contributed by atoms with E-state index in [1.165, 1.54) is 0 Å². The molecule has 41 heavy (non-hydrogen) atoms. The lowest BCUT2D eigenvalue weighted by Gasteiger charge is -2.35.